The van der Waals surface area contributed by atoms with E-state index in [1.165, 1.54) is 69.6 Å². The summed E-state index contributed by atoms with van der Waals surface area (Å²) in [7, 11) is 0. The normalized spacial score (nSPS) is 30.1. The highest BCUT2D eigenvalue weighted by Crippen LogP contribution is 2.43. The van der Waals surface area contributed by atoms with Crippen molar-refractivity contribution in [3.63, 3.8) is 0 Å². The van der Waals surface area contributed by atoms with Gasteiger partial charge in [0.05, 0.1) is 6.61 Å². The molecule has 0 saturated heterocycles. The summed E-state index contributed by atoms with van der Waals surface area (Å²) in [6.45, 7) is 4.74. The first kappa shape index (κ1) is 31.4. The number of alkyl halides is 3. The molecule has 226 valence electrons. The number of hydrogen-bond acceptors (Lipinski definition) is 1. The molecule has 1 aromatic rings. The van der Waals surface area contributed by atoms with Crippen molar-refractivity contribution < 1.29 is 22.3 Å². The zero-order chi connectivity index (χ0) is 28.5. The van der Waals surface area contributed by atoms with Gasteiger partial charge in [0.2, 0.25) is 0 Å². The lowest BCUT2D eigenvalue weighted by molar-refractivity contribution is -0.140. The number of unbranched alkanes of at least 4 members (excludes halogenated alkanes) is 2. The summed E-state index contributed by atoms with van der Waals surface area (Å²) in [6, 6.07) is 2.77. The molecule has 40 heavy (non-hydrogen) atoms. The van der Waals surface area contributed by atoms with Gasteiger partial charge in [0, 0.05) is 0 Å². The van der Waals surface area contributed by atoms with Gasteiger partial charge in [0.1, 0.15) is 5.56 Å². The molecule has 1 nitrogen and oxygen atoms in total. The minimum absolute atomic E-state index is 0.0932. The molecule has 0 radical (unpaired) electrons. The molecule has 0 spiro atoms. The van der Waals surface area contributed by atoms with Gasteiger partial charge in [-0.2, -0.15) is 13.2 Å². The van der Waals surface area contributed by atoms with Crippen LogP contribution in [0.5, 0.6) is 5.75 Å². The Morgan fingerprint density at radius 3 is 1.98 bits per heavy atom. The Kier molecular flexibility index (Phi) is 11.9. The lowest BCUT2D eigenvalue weighted by Gasteiger charge is -2.37. The molecule has 0 unspecified atom stereocenters. The van der Waals surface area contributed by atoms with E-state index in [-0.39, 0.29) is 29.8 Å². The Hall–Kier alpha value is -1.52. The third-order valence-corrected chi connectivity index (χ3v) is 10.6. The van der Waals surface area contributed by atoms with Crippen LogP contribution in [0.15, 0.2) is 18.2 Å². The van der Waals surface area contributed by atoms with Crippen molar-refractivity contribution in [1.29, 1.82) is 0 Å². The molecule has 3 aliphatic carbocycles. The smallest absolute Gasteiger partial charge is 0.419 e. The Morgan fingerprint density at radius 1 is 0.775 bits per heavy atom. The van der Waals surface area contributed by atoms with Gasteiger partial charge in [-0.15, -0.1) is 0 Å². The largest absolute Gasteiger partial charge is 0.490 e. The lowest BCUT2D eigenvalue weighted by Crippen LogP contribution is -2.25. The van der Waals surface area contributed by atoms with Gasteiger partial charge >= 0.3 is 6.18 Å². The molecule has 0 bridgehead atoms. The van der Waals surface area contributed by atoms with Gasteiger partial charge in [0.25, 0.3) is 0 Å². The monoisotopic (exact) mass is 564 g/mol. The van der Waals surface area contributed by atoms with E-state index in [4.69, 9.17) is 4.74 Å². The summed E-state index contributed by atoms with van der Waals surface area (Å²) in [5.74, 6) is 2.24. The number of allylic oxidation sites excluding steroid dienone is 1. The van der Waals surface area contributed by atoms with Crippen LogP contribution < -0.4 is 4.74 Å². The van der Waals surface area contributed by atoms with Crippen molar-refractivity contribution in [3.8, 4) is 5.75 Å². The molecular weight excluding hydrogens is 512 g/mol. The molecule has 0 aromatic heterocycles. The number of hydrogen-bond donors (Lipinski definition) is 0. The predicted molar refractivity (Wildman–Crippen MR) is 157 cm³/mol. The molecule has 4 rings (SSSR count). The van der Waals surface area contributed by atoms with E-state index in [2.05, 4.69) is 13.8 Å². The van der Waals surface area contributed by atoms with Crippen LogP contribution in [-0.2, 0) is 6.18 Å². The van der Waals surface area contributed by atoms with E-state index in [0.29, 0.717) is 0 Å². The molecule has 0 heterocycles. The van der Waals surface area contributed by atoms with E-state index in [1.807, 2.05) is 6.08 Å². The van der Waals surface area contributed by atoms with Gasteiger partial charge in [0.15, 0.2) is 11.6 Å². The third-order valence-electron chi connectivity index (χ3n) is 10.6. The molecule has 0 N–H and O–H groups in total. The molecular formula is C35H52F4O. The van der Waals surface area contributed by atoms with Crippen LogP contribution in [0, 0.1) is 41.3 Å². The van der Waals surface area contributed by atoms with Gasteiger partial charge in [-0.1, -0.05) is 89.9 Å². The van der Waals surface area contributed by atoms with Gasteiger partial charge in [-0.25, -0.2) is 4.39 Å². The molecule has 1 aromatic carbocycles. The fourth-order valence-electron chi connectivity index (χ4n) is 7.80. The first-order valence-electron chi connectivity index (χ1n) is 16.5. The summed E-state index contributed by atoms with van der Waals surface area (Å²) in [5, 5.41) is 0. The van der Waals surface area contributed by atoms with Crippen molar-refractivity contribution in [2.24, 2.45) is 35.5 Å². The maximum atomic E-state index is 15.2. The summed E-state index contributed by atoms with van der Waals surface area (Å²) in [4.78, 5) is 0. The molecule has 5 heteroatoms. The molecule has 3 fully saturated rings. The average Bonchev–Trinajstić information content (AvgIpc) is 2.96. The van der Waals surface area contributed by atoms with Crippen LogP contribution in [0.4, 0.5) is 17.6 Å². The molecule has 0 atom stereocenters. The maximum Gasteiger partial charge on any atom is 0.419 e. The first-order chi connectivity index (χ1) is 19.3. The Labute approximate surface area is 240 Å². The van der Waals surface area contributed by atoms with E-state index in [1.54, 1.807) is 0 Å². The van der Waals surface area contributed by atoms with Crippen molar-refractivity contribution in [2.75, 3.05) is 6.61 Å². The fourth-order valence-corrected chi connectivity index (χ4v) is 7.80. The topological polar surface area (TPSA) is 9.23 Å². The average molecular weight is 565 g/mol. The SMILES string of the molecule is CCCCCC1CCC(C2CCC(/C=C/c3ccc(OCC4CCC(CC)CC4)c(F)c3C(F)(F)F)CC2)CC1. The standard InChI is InChI=1S/C35H52F4O/c1-3-5-6-7-26-12-17-29(18-13-26)30-19-14-27(15-20-30)16-21-31-22-23-32(34(36)33(31)35(37,38)39)40-24-28-10-8-25(4-2)9-11-28/h16,21-23,25-30H,3-15,17-20,24H2,1-2H3/b21-16+. The Balaban J connectivity index is 1.29. The first-order valence-corrected chi connectivity index (χ1v) is 16.5. The Bertz CT molecular complexity index is 914. The van der Waals surface area contributed by atoms with Crippen molar-refractivity contribution in [2.45, 2.75) is 129 Å². The van der Waals surface area contributed by atoms with Gasteiger partial charge in [-0.05, 0) is 98.5 Å². The summed E-state index contributed by atoms with van der Waals surface area (Å²) < 4.78 is 62.7. The number of benzene rings is 1. The maximum absolute atomic E-state index is 15.2. The lowest BCUT2D eigenvalue weighted by atomic mass is 9.68. The zero-order valence-corrected chi connectivity index (χ0v) is 24.9. The van der Waals surface area contributed by atoms with Crippen LogP contribution in [0.2, 0.25) is 0 Å². The predicted octanol–water partition coefficient (Wildman–Crippen LogP) is 11.6. The van der Waals surface area contributed by atoms with Gasteiger partial charge in [-0.3, -0.25) is 0 Å². The minimum atomic E-state index is -4.77. The van der Waals surface area contributed by atoms with Gasteiger partial charge < -0.3 is 4.74 Å². The van der Waals surface area contributed by atoms with Crippen LogP contribution in [0.3, 0.4) is 0 Å². The second-order valence-electron chi connectivity index (χ2n) is 13.3. The van der Waals surface area contributed by atoms with Crippen LogP contribution in [0.25, 0.3) is 6.08 Å². The van der Waals surface area contributed by atoms with Crippen LogP contribution >= 0.6 is 0 Å². The summed E-state index contributed by atoms with van der Waals surface area (Å²) >= 11 is 0. The van der Waals surface area contributed by atoms with E-state index >= 15 is 4.39 Å². The second kappa shape index (κ2) is 15.1. The molecule has 3 aliphatic rings. The highest BCUT2D eigenvalue weighted by Gasteiger charge is 2.38. The number of rotatable bonds is 11. The minimum Gasteiger partial charge on any atom is -0.490 e. The third kappa shape index (κ3) is 8.74. The van der Waals surface area contributed by atoms with E-state index in [0.717, 1.165) is 81.5 Å². The highest BCUT2D eigenvalue weighted by atomic mass is 19.4. The Morgan fingerprint density at radius 2 is 1.38 bits per heavy atom. The van der Waals surface area contributed by atoms with Crippen molar-refractivity contribution >= 4 is 6.08 Å². The van der Waals surface area contributed by atoms with Crippen molar-refractivity contribution in [1.82, 2.24) is 0 Å². The summed E-state index contributed by atoms with van der Waals surface area (Å²) in [5.41, 5.74) is -1.29. The zero-order valence-electron chi connectivity index (χ0n) is 24.9. The molecule has 0 amide bonds. The van der Waals surface area contributed by atoms with E-state index < -0.39 is 17.6 Å². The van der Waals surface area contributed by atoms with Crippen LogP contribution in [0.1, 0.15) is 134 Å². The highest BCUT2D eigenvalue weighted by molar-refractivity contribution is 5.57. The fraction of sp³-hybridized carbons (Fsp3) is 0.771. The summed E-state index contributed by atoms with van der Waals surface area (Å²) in [6.07, 6.45) is 19.2. The van der Waals surface area contributed by atoms with E-state index in [9.17, 15) is 13.2 Å². The second-order valence-corrected chi connectivity index (χ2v) is 13.3. The number of halogens is 4. The number of ether oxygens (including phenoxy) is 1. The van der Waals surface area contributed by atoms with Crippen molar-refractivity contribution in [3.05, 3.63) is 35.2 Å². The quantitative estimate of drug-likeness (QED) is 0.192. The van der Waals surface area contributed by atoms with Crippen LogP contribution in [-0.4, -0.2) is 6.61 Å². The molecule has 3 saturated carbocycles. The molecule has 0 aliphatic heterocycles.